The van der Waals surface area contributed by atoms with Crippen LogP contribution in [0.2, 0.25) is 0 Å². The molecule has 2 rings (SSSR count). The Morgan fingerprint density at radius 2 is 2.39 bits per heavy atom. The molecule has 0 saturated heterocycles. The van der Waals surface area contributed by atoms with Crippen LogP contribution in [0, 0.1) is 0 Å². The van der Waals surface area contributed by atoms with Gasteiger partial charge in [-0.1, -0.05) is 22.0 Å². The minimum Gasteiger partial charge on any atom is -0.468 e. The number of hydrogen-bond acceptors (Lipinski definition) is 4. The molecule has 0 heterocycles. The van der Waals surface area contributed by atoms with Gasteiger partial charge in [0.1, 0.15) is 6.04 Å². The summed E-state index contributed by atoms with van der Waals surface area (Å²) in [4.78, 5) is 12.8. The van der Waals surface area contributed by atoms with Crippen molar-refractivity contribution in [2.45, 2.75) is 29.8 Å². The van der Waals surface area contributed by atoms with E-state index in [4.69, 9.17) is 4.74 Å². The number of halogens is 1. The Kier molecular flexibility index (Phi) is 5.09. The number of methoxy groups -OCH3 is 1. The molecule has 1 N–H and O–H groups in total. The third kappa shape index (κ3) is 4.30. The van der Waals surface area contributed by atoms with E-state index in [1.165, 1.54) is 7.11 Å². The van der Waals surface area contributed by atoms with Crippen LogP contribution < -0.4 is 5.32 Å². The van der Waals surface area contributed by atoms with E-state index < -0.39 is 0 Å². The van der Waals surface area contributed by atoms with Crippen molar-refractivity contribution >= 4 is 33.7 Å². The Balaban J connectivity index is 1.89. The maximum Gasteiger partial charge on any atom is 0.323 e. The van der Waals surface area contributed by atoms with Gasteiger partial charge in [0.25, 0.3) is 0 Å². The molecule has 0 spiro atoms. The molecule has 0 bridgehead atoms. The summed E-state index contributed by atoms with van der Waals surface area (Å²) < 4.78 is 5.88. The predicted molar refractivity (Wildman–Crippen MR) is 76.8 cm³/mol. The molecule has 1 saturated carbocycles. The van der Waals surface area contributed by atoms with Gasteiger partial charge in [0.2, 0.25) is 0 Å². The lowest BCUT2D eigenvalue weighted by atomic mass is 10.3. The Bertz CT molecular complexity index is 423. The summed E-state index contributed by atoms with van der Waals surface area (Å²) in [7, 11) is 1.44. The molecule has 0 aliphatic heterocycles. The molecule has 18 heavy (non-hydrogen) atoms. The van der Waals surface area contributed by atoms with Crippen LogP contribution in [0.3, 0.4) is 0 Å². The van der Waals surface area contributed by atoms with E-state index in [0.29, 0.717) is 11.8 Å². The van der Waals surface area contributed by atoms with Gasteiger partial charge >= 0.3 is 5.97 Å². The average molecular weight is 330 g/mol. The molecular formula is C13H16BrNO2S. The van der Waals surface area contributed by atoms with Crippen LogP contribution in [0.25, 0.3) is 0 Å². The molecule has 1 aromatic carbocycles. The summed E-state index contributed by atoms with van der Waals surface area (Å²) in [6.07, 6.45) is 2.32. The second kappa shape index (κ2) is 6.59. The second-order valence-electron chi connectivity index (χ2n) is 4.29. The molecule has 1 fully saturated rings. The molecule has 3 nitrogen and oxygen atoms in total. The minimum atomic E-state index is -0.216. The summed E-state index contributed by atoms with van der Waals surface area (Å²) in [5, 5.41) is 3.32. The van der Waals surface area contributed by atoms with Gasteiger partial charge < -0.3 is 10.1 Å². The number of esters is 1. The molecule has 1 unspecified atom stereocenters. The standard InChI is InChI=1S/C13H16BrNO2S/c1-17-13(16)12(15-10-5-6-10)8-18-11-4-2-3-9(14)7-11/h2-4,7,10,12,15H,5-6,8H2,1H3. The Morgan fingerprint density at radius 3 is 3.00 bits per heavy atom. The summed E-state index contributed by atoms with van der Waals surface area (Å²) >= 11 is 5.10. The molecule has 98 valence electrons. The lowest BCUT2D eigenvalue weighted by Crippen LogP contribution is -2.40. The van der Waals surface area contributed by atoms with Gasteiger partial charge in [0.05, 0.1) is 7.11 Å². The number of benzene rings is 1. The first-order valence-electron chi connectivity index (χ1n) is 5.91. The van der Waals surface area contributed by atoms with Crippen molar-refractivity contribution < 1.29 is 9.53 Å². The van der Waals surface area contributed by atoms with Crippen molar-refractivity contribution in [2.24, 2.45) is 0 Å². The van der Waals surface area contributed by atoms with E-state index in [2.05, 4.69) is 27.3 Å². The van der Waals surface area contributed by atoms with Crippen molar-refractivity contribution in [2.75, 3.05) is 12.9 Å². The Labute approximate surface area is 120 Å². The van der Waals surface area contributed by atoms with Crippen molar-refractivity contribution in [1.29, 1.82) is 0 Å². The molecule has 5 heteroatoms. The zero-order valence-electron chi connectivity index (χ0n) is 10.2. The molecular weight excluding hydrogens is 314 g/mol. The lowest BCUT2D eigenvalue weighted by molar-refractivity contribution is -0.142. The predicted octanol–water partition coefficient (Wildman–Crippen LogP) is 2.83. The highest BCUT2D eigenvalue weighted by atomic mass is 79.9. The lowest BCUT2D eigenvalue weighted by Gasteiger charge is -2.15. The molecule has 1 aromatic rings. The number of rotatable bonds is 6. The third-order valence-electron chi connectivity index (χ3n) is 2.71. The first-order chi connectivity index (χ1) is 8.69. The van der Waals surface area contributed by atoms with Crippen LogP contribution in [-0.4, -0.2) is 30.9 Å². The molecule has 1 aliphatic rings. The van der Waals surface area contributed by atoms with Crippen molar-refractivity contribution in [3.8, 4) is 0 Å². The average Bonchev–Trinajstić information content (AvgIpc) is 3.17. The number of carbonyl (C=O) groups is 1. The number of carbonyl (C=O) groups excluding carboxylic acids is 1. The van der Waals surface area contributed by atoms with Crippen LogP contribution in [0.5, 0.6) is 0 Å². The molecule has 1 atom stereocenters. The smallest absolute Gasteiger partial charge is 0.323 e. The fourth-order valence-electron chi connectivity index (χ4n) is 1.60. The fourth-order valence-corrected chi connectivity index (χ4v) is 3.12. The van der Waals surface area contributed by atoms with E-state index in [0.717, 1.165) is 22.2 Å². The van der Waals surface area contributed by atoms with Crippen LogP contribution in [-0.2, 0) is 9.53 Å². The first kappa shape index (κ1) is 13.9. The quantitative estimate of drug-likeness (QED) is 0.643. The van der Waals surface area contributed by atoms with Gasteiger partial charge in [-0.25, -0.2) is 0 Å². The number of nitrogens with one attached hydrogen (secondary N) is 1. The van der Waals surface area contributed by atoms with E-state index in [-0.39, 0.29) is 12.0 Å². The Morgan fingerprint density at radius 1 is 1.61 bits per heavy atom. The van der Waals surface area contributed by atoms with Gasteiger partial charge in [0, 0.05) is 21.2 Å². The van der Waals surface area contributed by atoms with Crippen molar-refractivity contribution in [3.05, 3.63) is 28.7 Å². The van der Waals surface area contributed by atoms with E-state index in [1.54, 1.807) is 11.8 Å². The zero-order valence-corrected chi connectivity index (χ0v) is 12.6. The Hall–Kier alpha value is -0.520. The summed E-state index contributed by atoms with van der Waals surface area (Å²) in [6.45, 7) is 0. The van der Waals surface area contributed by atoms with Gasteiger partial charge in [0.15, 0.2) is 0 Å². The highest BCUT2D eigenvalue weighted by molar-refractivity contribution is 9.10. The van der Waals surface area contributed by atoms with Gasteiger partial charge in [-0.05, 0) is 31.0 Å². The number of hydrogen-bond donors (Lipinski definition) is 1. The van der Waals surface area contributed by atoms with Crippen LogP contribution in [0.1, 0.15) is 12.8 Å². The topological polar surface area (TPSA) is 38.3 Å². The van der Waals surface area contributed by atoms with Gasteiger partial charge in [-0.15, -0.1) is 11.8 Å². The normalized spacial score (nSPS) is 16.3. The van der Waals surface area contributed by atoms with Crippen LogP contribution >= 0.6 is 27.7 Å². The van der Waals surface area contributed by atoms with E-state index in [1.807, 2.05) is 18.2 Å². The largest absolute Gasteiger partial charge is 0.468 e. The first-order valence-corrected chi connectivity index (χ1v) is 7.69. The SMILES string of the molecule is COC(=O)C(CSc1cccc(Br)c1)NC1CC1. The molecule has 0 radical (unpaired) electrons. The number of ether oxygens (including phenoxy) is 1. The maximum atomic E-state index is 11.7. The van der Waals surface area contributed by atoms with Gasteiger partial charge in [-0.2, -0.15) is 0 Å². The third-order valence-corrected chi connectivity index (χ3v) is 4.29. The highest BCUT2D eigenvalue weighted by Crippen LogP contribution is 2.25. The molecule has 0 aromatic heterocycles. The van der Waals surface area contributed by atoms with Crippen molar-refractivity contribution in [1.82, 2.24) is 5.32 Å². The van der Waals surface area contributed by atoms with Crippen LogP contribution in [0.15, 0.2) is 33.6 Å². The molecule has 1 aliphatic carbocycles. The summed E-state index contributed by atoms with van der Waals surface area (Å²) in [6, 6.07) is 8.36. The fraction of sp³-hybridized carbons (Fsp3) is 0.462. The van der Waals surface area contributed by atoms with Gasteiger partial charge in [-0.3, -0.25) is 4.79 Å². The summed E-state index contributed by atoms with van der Waals surface area (Å²) in [5.74, 6) is 0.518. The van der Waals surface area contributed by atoms with E-state index >= 15 is 0 Å². The maximum absolute atomic E-state index is 11.7. The summed E-state index contributed by atoms with van der Waals surface area (Å²) in [5.41, 5.74) is 0. The minimum absolute atomic E-state index is 0.176. The van der Waals surface area contributed by atoms with Crippen molar-refractivity contribution in [3.63, 3.8) is 0 Å². The zero-order chi connectivity index (χ0) is 13.0. The molecule has 0 amide bonds. The monoisotopic (exact) mass is 329 g/mol. The number of thioether (sulfide) groups is 1. The van der Waals surface area contributed by atoms with E-state index in [9.17, 15) is 4.79 Å². The highest BCUT2D eigenvalue weighted by Gasteiger charge is 2.28. The van der Waals surface area contributed by atoms with Crippen LogP contribution in [0.4, 0.5) is 0 Å². The second-order valence-corrected chi connectivity index (χ2v) is 6.29.